The van der Waals surface area contributed by atoms with Gasteiger partial charge in [-0.15, -0.1) is 11.3 Å². The SMILES string of the molecule is O=C(Cc1cscn1)N1CCC(N2CCCC2)C1. The van der Waals surface area contributed by atoms with Gasteiger partial charge in [-0.3, -0.25) is 9.69 Å². The van der Waals surface area contributed by atoms with Crippen LogP contribution in [0.25, 0.3) is 0 Å². The Labute approximate surface area is 112 Å². The van der Waals surface area contributed by atoms with E-state index in [-0.39, 0.29) is 5.91 Å². The van der Waals surface area contributed by atoms with E-state index in [0.29, 0.717) is 12.5 Å². The van der Waals surface area contributed by atoms with Crippen LogP contribution in [0.1, 0.15) is 25.0 Å². The topological polar surface area (TPSA) is 36.4 Å². The fourth-order valence-electron chi connectivity index (χ4n) is 2.96. The Balaban J connectivity index is 1.53. The first kappa shape index (κ1) is 12.1. The van der Waals surface area contributed by atoms with Gasteiger partial charge in [-0.1, -0.05) is 0 Å². The third-order valence-electron chi connectivity index (χ3n) is 3.99. The van der Waals surface area contributed by atoms with Crippen molar-refractivity contribution in [1.29, 1.82) is 0 Å². The summed E-state index contributed by atoms with van der Waals surface area (Å²) >= 11 is 1.55. The summed E-state index contributed by atoms with van der Waals surface area (Å²) in [5, 5.41) is 1.96. The van der Waals surface area contributed by atoms with Crippen LogP contribution in [-0.2, 0) is 11.2 Å². The van der Waals surface area contributed by atoms with Crippen LogP contribution in [-0.4, -0.2) is 52.9 Å². The molecule has 3 heterocycles. The lowest BCUT2D eigenvalue weighted by molar-refractivity contribution is -0.129. The number of likely N-dealkylation sites (tertiary alicyclic amines) is 2. The van der Waals surface area contributed by atoms with E-state index < -0.39 is 0 Å². The molecule has 3 rings (SSSR count). The number of hydrogen-bond acceptors (Lipinski definition) is 4. The highest BCUT2D eigenvalue weighted by Gasteiger charge is 2.31. The van der Waals surface area contributed by atoms with Gasteiger partial charge in [0.25, 0.3) is 0 Å². The highest BCUT2D eigenvalue weighted by Crippen LogP contribution is 2.21. The quantitative estimate of drug-likeness (QED) is 0.828. The van der Waals surface area contributed by atoms with Crippen LogP contribution in [0.2, 0.25) is 0 Å². The Hall–Kier alpha value is -0.940. The Kier molecular flexibility index (Phi) is 3.61. The lowest BCUT2D eigenvalue weighted by Crippen LogP contribution is -2.37. The molecule has 4 nitrogen and oxygen atoms in total. The van der Waals surface area contributed by atoms with Crippen molar-refractivity contribution in [3.05, 3.63) is 16.6 Å². The molecule has 98 valence electrons. The van der Waals surface area contributed by atoms with Crippen LogP contribution in [0.3, 0.4) is 0 Å². The molecule has 1 unspecified atom stereocenters. The molecule has 0 spiro atoms. The second kappa shape index (κ2) is 5.36. The molecule has 2 aliphatic heterocycles. The monoisotopic (exact) mass is 265 g/mol. The predicted octanol–water partition coefficient (Wildman–Crippen LogP) is 1.38. The molecule has 0 bridgehead atoms. The van der Waals surface area contributed by atoms with Crippen LogP contribution in [0.5, 0.6) is 0 Å². The zero-order chi connectivity index (χ0) is 12.4. The molecule has 0 N–H and O–H groups in total. The third kappa shape index (κ3) is 2.57. The molecule has 1 amide bonds. The fourth-order valence-corrected chi connectivity index (χ4v) is 3.52. The first-order valence-electron chi connectivity index (χ1n) is 6.72. The summed E-state index contributed by atoms with van der Waals surface area (Å²) in [6.45, 7) is 4.28. The maximum atomic E-state index is 12.1. The van der Waals surface area contributed by atoms with Gasteiger partial charge in [-0.25, -0.2) is 4.98 Å². The number of thiazole rings is 1. The van der Waals surface area contributed by atoms with Gasteiger partial charge in [0.2, 0.25) is 5.91 Å². The minimum absolute atomic E-state index is 0.239. The average molecular weight is 265 g/mol. The normalized spacial score (nSPS) is 24.9. The molecule has 0 saturated carbocycles. The summed E-state index contributed by atoms with van der Waals surface area (Å²) < 4.78 is 0. The molecule has 1 aromatic rings. The zero-order valence-corrected chi connectivity index (χ0v) is 11.4. The summed E-state index contributed by atoms with van der Waals surface area (Å²) in [6.07, 6.45) is 4.26. The van der Waals surface area contributed by atoms with Gasteiger partial charge in [-0.05, 0) is 32.4 Å². The number of carbonyl (C=O) groups is 1. The van der Waals surface area contributed by atoms with E-state index in [2.05, 4.69) is 9.88 Å². The van der Waals surface area contributed by atoms with Gasteiger partial charge < -0.3 is 4.90 Å². The Morgan fingerprint density at radius 2 is 2.22 bits per heavy atom. The van der Waals surface area contributed by atoms with Crippen molar-refractivity contribution in [2.45, 2.75) is 31.7 Å². The molecule has 0 radical (unpaired) electrons. The molecule has 5 heteroatoms. The van der Waals surface area contributed by atoms with E-state index in [1.165, 1.54) is 25.9 Å². The van der Waals surface area contributed by atoms with Crippen LogP contribution >= 0.6 is 11.3 Å². The van der Waals surface area contributed by atoms with Gasteiger partial charge in [-0.2, -0.15) is 0 Å². The number of carbonyl (C=O) groups excluding carboxylic acids is 1. The summed E-state index contributed by atoms with van der Waals surface area (Å²) in [4.78, 5) is 20.9. The second-order valence-electron chi connectivity index (χ2n) is 5.18. The molecule has 1 aromatic heterocycles. The van der Waals surface area contributed by atoms with E-state index in [1.54, 1.807) is 16.8 Å². The lowest BCUT2D eigenvalue weighted by atomic mass is 10.2. The molecule has 0 aliphatic carbocycles. The first-order valence-corrected chi connectivity index (χ1v) is 7.66. The van der Waals surface area contributed by atoms with Gasteiger partial charge in [0.05, 0.1) is 17.6 Å². The summed E-state index contributed by atoms with van der Waals surface area (Å²) in [6, 6.07) is 0.604. The van der Waals surface area contributed by atoms with Crippen molar-refractivity contribution in [3.8, 4) is 0 Å². The maximum Gasteiger partial charge on any atom is 0.228 e. The molecule has 2 saturated heterocycles. The molecule has 2 aliphatic rings. The first-order chi connectivity index (χ1) is 8.83. The predicted molar refractivity (Wildman–Crippen MR) is 71.6 cm³/mol. The van der Waals surface area contributed by atoms with E-state index in [9.17, 15) is 4.79 Å². The van der Waals surface area contributed by atoms with Crippen molar-refractivity contribution < 1.29 is 4.79 Å². The van der Waals surface area contributed by atoms with Crippen LogP contribution in [0.15, 0.2) is 10.9 Å². The molecule has 1 atom stereocenters. The van der Waals surface area contributed by atoms with Gasteiger partial charge in [0.15, 0.2) is 0 Å². The summed E-state index contributed by atoms with van der Waals surface area (Å²) in [5.74, 6) is 0.239. The third-order valence-corrected chi connectivity index (χ3v) is 4.62. The highest BCUT2D eigenvalue weighted by atomic mass is 32.1. The number of hydrogen-bond donors (Lipinski definition) is 0. The maximum absolute atomic E-state index is 12.1. The van der Waals surface area contributed by atoms with E-state index >= 15 is 0 Å². The van der Waals surface area contributed by atoms with Crippen molar-refractivity contribution in [2.75, 3.05) is 26.2 Å². The smallest absolute Gasteiger partial charge is 0.228 e. The Morgan fingerprint density at radius 1 is 1.39 bits per heavy atom. The zero-order valence-electron chi connectivity index (χ0n) is 10.5. The van der Waals surface area contributed by atoms with E-state index in [0.717, 1.165) is 25.2 Å². The van der Waals surface area contributed by atoms with Crippen molar-refractivity contribution in [3.63, 3.8) is 0 Å². The minimum atomic E-state index is 0.239. The molecular weight excluding hydrogens is 246 g/mol. The van der Waals surface area contributed by atoms with Crippen molar-refractivity contribution in [2.24, 2.45) is 0 Å². The molecule has 0 aromatic carbocycles. The molecule has 2 fully saturated rings. The number of amides is 1. The summed E-state index contributed by atoms with van der Waals surface area (Å²) in [5.41, 5.74) is 2.70. The molecular formula is C13H19N3OS. The Morgan fingerprint density at radius 3 is 2.94 bits per heavy atom. The average Bonchev–Trinajstić information content (AvgIpc) is 3.11. The largest absolute Gasteiger partial charge is 0.341 e. The molecule has 18 heavy (non-hydrogen) atoms. The fraction of sp³-hybridized carbons (Fsp3) is 0.692. The number of nitrogens with zero attached hydrogens (tertiary/aromatic N) is 3. The highest BCUT2D eigenvalue weighted by molar-refractivity contribution is 7.07. The van der Waals surface area contributed by atoms with Crippen LogP contribution in [0, 0.1) is 0 Å². The number of rotatable bonds is 3. The standard InChI is InChI=1S/C13H19N3OS/c17-13(7-11-9-18-10-14-11)16-6-3-12(8-16)15-4-1-2-5-15/h9-10,12H,1-8H2. The van der Waals surface area contributed by atoms with Crippen LogP contribution in [0.4, 0.5) is 0 Å². The minimum Gasteiger partial charge on any atom is -0.341 e. The van der Waals surface area contributed by atoms with Crippen molar-refractivity contribution >= 4 is 17.2 Å². The lowest BCUT2D eigenvalue weighted by Gasteiger charge is -2.23. The Bertz CT molecular complexity index is 400. The van der Waals surface area contributed by atoms with Gasteiger partial charge >= 0.3 is 0 Å². The van der Waals surface area contributed by atoms with Gasteiger partial charge in [0.1, 0.15) is 0 Å². The number of aromatic nitrogens is 1. The van der Waals surface area contributed by atoms with Crippen molar-refractivity contribution in [1.82, 2.24) is 14.8 Å². The van der Waals surface area contributed by atoms with Crippen LogP contribution < -0.4 is 0 Å². The van der Waals surface area contributed by atoms with E-state index in [4.69, 9.17) is 0 Å². The summed E-state index contributed by atoms with van der Waals surface area (Å²) in [7, 11) is 0. The van der Waals surface area contributed by atoms with E-state index in [1.807, 2.05) is 10.3 Å². The van der Waals surface area contributed by atoms with Gasteiger partial charge in [0, 0.05) is 24.5 Å². The second-order valence-corrected chi connectivity index (χ2v) is 5.90.